The second-order valence-corrected chi connectivity index (χ2v) is 6.29. The molecule has 1 unspecified atom stereocenters. The lowest BCUT2D eigenvalue weighted by molar-refractivity contribution is 0.271. The molecule has 0 saturated carbocycles. The van der Waals surface area contributed by atoms with Crippen LogP contribution in [0.1, 0.15) is 19.4 Å². The van der Waals surface area contributed by atoms with Crippen molar-refractivity contribution in [3.05, 3.63) is 28.2 Å². The van der Waals surface area contributed by atoms with Crippen LogP contribution in [-0.2, 0) is 6.42 Å². The Labute approximate surface area is 124 Å². The fourth-order valence-electron chi connectivity index (χ4n) is 2.68. The Balaban J connectivity index is 2.15. The third-order valence-corrected chi connectivity index (χ3v) is 4.24. The van der Waals surface area contributed by atoms with Crippen molar-refractivity contribution < 1.29 is 0 Å². The fourth-order valence-corrected chi connectivity index (χ4v) is 3.09. The number of hydrogen-bond acceptors (Lipinski definition) is 3. The van der Waals surface area contributed by atoms with E-state index in [1.165, 1.54) is 11.3 Å². The number of rotatable bonds is 4. The van der Waals surface area contributed by atoms with Gasteiger partial charge in [0.25, 0.3) is 0 Å². The monoisotopic (exact) mass is 325 g/mol. The molecule has 1 aromatic rings. The average molecular weight is 326 g/mol. The van der Waals surface area contributed by atoms with E-state index in [1.54, 1.807) is 0 Å². The summed E-state index contributed by atoms with van der Waals surface area (Å²) in [7, 11) is 0. The lowest BCUT2D eigenvalue weighted by Crippen LogP contribution is -2.46. The molecule has 2 rings (SSSR count). The molecule has 2 N–H and O–H groups in total. The minimum atomic E-state index is 0.199. The van der Waals surface area contributed by atoms with Crippen LogP contribution in [0, 0.1) is 0 Å². The topological polar surface area (TPSA) is 32.5 Å². The number of nitrogens with zero attached hydrogens (tertiary/aromatic N) is 2. The van der Waals surface area contributed by atoms with Gasteiger partial charge in [0.2, 0.25) is 0 Å². The molecule has 4 heteroatoms. The third-order valence-electron chi connectivity index (χ3n) is 3.74. The molecule has 0 radical (unpaired) electrons. The van der Waals surface area contributed by atoms with Gasteiger partial charge in [0.05, 0.1) is 0 Å². The molecular formula is C15H24BrN3. The van der Waals surface area contributed by atoms with Crippen molar-refractivity contribution in [3.63, 3.8) is 0 Å². The minimum absolute atomic E-state index is 0.199. The molecule has 1 aliphatic rings. The predicted octanol–water partition coefficient (Wildman–Crippen LogP) is 2.48. The highest BCUT2D eigenvalue weighted by molar-refractivity contribution is 9.10. The summed E-state index contributed by atoms with van der Waals surface area (Å²) in [4.78, 5) is 5.00. The molecular weight excluding hydrogens is 302 g/mol. The van der Waals surface area contributed by atoms with Crippen LogP contribution in [0.15, 0.2) is 22.7 Å². The molecule has 0 amide bonds. The van der Waals surface area contributed by atoms with Gasteiger partial charge in [-0.1, -0.05) is 22.9 Å². The molecule has 0 aliphatic carbocycles. The molecule has 3 nitrogen and oxygen atoms in total. The number of halogens is 1. The Kier molecular flexibility index (Phi) is 5.25. The molecule has 1 atom stereocenters. The maximum atomic E-state index is 5.97. The van der Waals surface area contributed by atoms with Crippen molar-refractivity contribution in [2.75, 3.05) is 37.6 Å². The maximum Gasteiger partial charge on any atom is 0.0401 e. The lowest BCUT2D eigenvalue weighted by atomic mass is 10.0. The van der Waals surface area contributed by atoms with Gasteiger partial charge in [0.15, 0.2) is 0 Å². The van der Waals surface area contributed by atoms with E-state index >= 15 is 0 Å². The van der Waals surface area contributed by atoms with E-state index in [0.29, 0.717) is 0 Å². The Morgan fingerprint density at radius 3 is 2.53 bits per heavy atom. The summed E-state index contributed by atoms with van der Waals surface area (Å²) in [5.74, 6) is 0. The van der Waals surface area contributed by atoms with Gasteiger partial charge < -0.3 is 15.5 Å². The van der Waals surface area contributed by atoms with Crippen molar-refractivity contribution in [1.82, 2.24) is 4.90 Å². The van der Waals surface area contributed by atoms with Crippen molar-refractivity contribution >= 4 is 21.6 Å². The van der Waals surface area contributed by atoms with Crippen LogP contribution in [0.2, 0.25) is 0 Å². The number of anilines is 1. The highest BCUT2D eigenvalue weighted by Gasteiger charge is 2.18. The van der Waals surface area contributed by atoms with E-state index in [2.05, 4.69) is 57.8 Å². The van der Waals surface area contributed by atoms with Crippen molar-refractivity contribution in [3.8, 4) is 0 Å². The van der Waals surface area contributed by atoms with Gasteiger partial charge in [-0.3, -0.25) is 0 Å². The standard InChI is InChI=1S/C15H24BrN3/c1-3-18-6-8-19(9-7-18)15-5-4-14(16)11-13(15)10-12(2)17/h4-5,11-12H,3,6-10,17H2,1-2H3. The molecule has 1 saturated heterocycles. The number of nitrogens with two attached hydrogens (primary N) is 1. The van der Waals surface area contributed by atoms with Crippen LogP contribution in [-0.4, -0.2) is 43.7 Å². The lowest BCUT2D eigenvalue weighted by Gasteiger charge is -2.36. The first-order valence-electron chi connectivity index (χ1n) is 7.11. The minimum Gasteiger partial charge on any atom is -0.369 e. The van der Waals surface area contributed by atoms with Crippen LogP contribution in [0.3, 0.4) is 0 Å². The van der Waals surface area contributed by atoms with E-state index in [0.717, 1.165) is 43.6 Å². The average Bonchev–Trinajstić information content (AvgIpc) is 2.38. The largest absolute Gasteiger partial charge is 0.369 e. The molecule has 19 heavy (non-hydrogen) atoms. The third kappa shape index (κ3) is 3.94. The number of piperazine rings is 1. The molecule has 0 spiro atoms. The zero-order chi connectivity index (χ0) is 13.8. The molecule has 1 aliphatic heterocycles. The van der Waals surface area contributed by atoms with Crippen LogP contribution >= 0.6 is 15.9 Å². The zero-order valence-electron chi connectivity index (χ0n) is 11.9. The second kappa shape index (κ2) is 6.73. The summed E-state index contributed by atoms with van der Waals surface area (Å²) in [6.45, 7) is 9.99. The molecule has 1 heterocycles. The van der Waals surface area contributed by atoms with Crippen molar-refractivity contribution in [2.24, 2.45) is 5.73 Å². The predicted molar refractivity (Wildman–Crippen MR) is 85.8 cm³/mol. The van der Waals surface area contributed by atoms with Crippen LogP contribution in [0.4, 0.5) is 5.69 Å². The Morgan fingerprint density at radius 1 is 1.26 bits per heavy atom. The van der Waals surface area contributed by atoms with E-state index in [-0.39, 0.29) is 6.04 Å². The zero-order valence-corrected chi connectivity index (χ0v) is 13.5. The second-order valence-electron chi connectivity index (χ2n) is 5.38. The highest BCUT2D eigenvalue weighted by atomic mass is 79.9. The van der Waals surface area contributed by atoms with Gasteiger partial charge in [-0.15, -0.1) is 0 Å². The summed E-state index contributed by atoms with van der Waals surface area (Å²) >= 11 is 3.56. The van der Waals surface area contributed by atoms with Crippen molar-refractivity contribution in [1.29, 1.82) is 0 Å². The first-order chi connectivity index (χ1) is 9.10. The molecule has 106 valence electrons. The first-order valence-corrected chi connectivity index (χ1v) is 7.90. The van der Waals surface area contributed by atoms with Gasteiger partial charge in [0, 0.05) is 42.4 Å². The first kappa shape index (κ1) is 14.8. The van der Waals surface area contributed by atoms with E-state index in [4.69, 9.17) is 5.73 Å². The number of hydrogen-bond donors (Lipinski definition) is 1. The molecule has 1 fully saturated rings. The van der Waals surface area contributed by atoms with Crippen molar-refractivity contribution in [2.45, 2.75) is 26.3 Å². The Hall–Kier alpha value is -0.580. The number of likely N-dealkylation sites (N-methyl/N-ethyl adjacent to an activating group) is 1. The smallest absolute Gasteiger partial charge is 0.0401 e. The van der Waals surface area contributed by atoms with Crippen LogP contribution < -0.4 is 10.6 Å². The van der Waals surface area contributed by atoms with Gasteiger partial charge in [0.1, 0.15) is 0 Å². The van der Waals surface area contributed by atoms with Gasteiger partial charge in [-0.25, -0.2) is 0 Å². The summed E-state index contributed by atoms with van der Waals surface area (Å²) in [6.07, 6.45) is 0.933. The quantitative estimate of drug-likeness (QED) is 0.923. The van der Waals surface area contributed by atoms with Crippen LogP contribution in [0.25, 0.3) is 0 Å². The summed E-state index contributed by atoms with van der Waals surface area (Å²) in [6, 6.07) is 6.77. The molecule has 0 aromatic heterocycles. The van der Waals surface area contributed by atoms with E-state index < -0.39 is 0 Å². The van der Waals surface area contributed by atoms with Gasteiger partial charge in [-0.2, -0.15) is 0 Å². The van der Waals surface area contributed by atoms with E-state index in [1.807, 2.05) is 0 Å². The molecule has 1 aromatic carbocycles. The summed E-state index contributed by atoms with van der Waals surface area (Å²) < 4.78 is 1.14. The Bertz CT molecular complexity index is 412. The molecule has 0 bridgehead atoms. The van der Waals surface area contributed by atoms with Crippen LogP contribution in [0.5, 0.6) is 0 Å². The van der Waals surface area contributed by atoms with Gasteiger partial charge >= 0.3 is 0 Å². The maximum absolute atomic E-state index is 5.97. The number of benzene rings is 1. The fraction of sp³-hybridized carbons (Fsp3) is 0.600. The summed E-state index contributed by atoms with van der Waals surface area (Å²) in [5.41, 5.74) is 8.69. The van der Waals surface area contributed by atoms with E-state index in [9.17, 15) is 0 Å². The summed E-state index contributed by atoms with van der Waals surface area (Å²) in [5, 5.41) is 0. The van der Waals surface area contributed by atoms with Gasteiger partial charge in [-0.05, 0) is 43.7 Å². The Morgan fingerprint density at radius 2 is 1.95 bits per heavy atom. The normalized spacial score (nSPS) is 18.6. The highest BCUT2D eigenvalue weighted by Crippen LogP contribution is 2.26. The SMILES string of the molecule is CCN1CCN(c2ccc(Br)cc2CC(C)N)CC1.